The van der Waals surface area contributed by atoms with Crippen LogP contribution in [-0.4, -0.2) is 13.1 Å². The Balaban J connectivity index is 2.05. The third kappa shape index (κ3) is 2.74. The largest absolute Gasteiger partial charge is 0.397 e. The summed E-state index contributed by atoms with van der Waals surface area (Å²) >= 11 is 0. The molecular formula is C15H24N2. The van der Waals surface area contributed by atoms with Gasteiger partial charge in [0.1, 0.15) is 0 Å². The smallest absolute Gasteiger partial charge is 0.0629 e. The number of nitrogens with zero attached hydrogens (tertiary/aromatic N) is 1. The topological polar surface area (TPSA) is 29.3 Å². The van der Waals surface area contributed by atoms with Crippen LogP contribution in [0.2, 0.25) is 0 Å². The van der Waals surface area contributed by atoms with E-state index < -0.39 is 0 Å². The summed E-state index contributed by atoms with van der Waals surface area (Å²) in [6, 6.07) is 6.21. The Morgan fingerprint density at radius 1 is 1.29 bits per heavy atom. The minimum atomic E-state index is 0.930. The van der Waals surface area contributed by atoms with Crippen molar-refractivity contribution < 1.29 is 0 Å². The molecule has 0 amide bonds. The van der Waals surface area contributed by atoms with E-state index in [-0.39, 0.29) is 0 Å². The SMILES string of the molecule is CCCC1CCN(c2c(C)cccc2N)CC1. The highest BCUT2D eigenvalue weighted by atomic mass is 15.1. The number of hydrogen-bond acceptors (Lipinski definition) is 2. The van der Waals surface area contributed by atoms with Gasteiger partial charge < -0.3 is 10.6 Å². The van der Waals surface area contributed by atoms with Gasteiger partial charge >= 0.3 is 0 Å². The van der Waals surface area contributed by atoms with Crippen LogP contribution in [-0.2, 0) is 0 Å². The van der Waals surface area contributed by atoms with Crippen molar-refractivity contribution in [3.8, 4) is 0 Å². The molecule has 0 atom stereocenters. The van der Waals surface area contributed by atoms with Gasteiger partial charge in [0.25, 0.3) is 0 Å². The average molecular weight is 232 g/mol. The maximum atomic E-state index is 6.10. The highest BCUT2D eigenvalue weighted by Crippen LogP contribution is 2.32. The minimum absolute atomic E-state index is 0.930. The zero-order valence-corrected chi connectivity index (χ0v) is 11.1. The molecule has 1 heterocycles. The number of para-hydroxylation sites is 1. The fourth-order valence-corrected chi connectivity index (χ4v) is 2.97. The Kier molecular flexibility index (Phi) is 3.93. The van der Waals surface area contributed by atoms with Gasteiger partial charge in [-0.3, -0.25) is 0 Å². The summed E-state index contributed by atoms with van der Waals surface area (Å²) in [5.41, 5.74) is 9.60. The summed E-state index contributed by atoms with van der Waals surface area (Å²) in [5, 5.41) is 0. The Morgan fingerprint density at radius 2 is 2.00 bits per heavy atom. The lowest BCUT2D eigenvalue weighted by molar-refractivity contribution is 0.378. The van der Waals surface area contributed by atoms with Gasteiger partial charge in [-0.15, -0.1) is 0 Å². The van der Waals surface area contributed by atoms with Crippen LogP contribution in [0, 0.1) is 12.8 Å². The second-order valence-electron chi connectivity index (χ2n) is 5.23. The first kappa shape index (κ1) is 12.3. The third-order valence-corrected chi connectivity index (χ3v) is 3.90. The molecule has 0 spiro atoms. The summed E-state index contributed by atoms with van der Waals surface area (Å²) in [4.78, 5) is 2.47. The first-order chi connectivity index (χ1) is 8.22. The van der Waals surface area contributed by atoms with Crippen molar-refractivity contribution in [2.75, 3.05) is 23.7 Å². The van der Waals surface area contributed by atoms with E-state index in [0.29, 0.717) is 0 Å². The number of aryl methyl sites for hydroxylation is 1. The predicted octanol–water partition coefficient (Wildman–Crippen LogP) is 3.59. The van der Waals surface area contributed by atoms with Gasteiger partial charge in [-0.05, 0) is 37.3 Å². The molecule has 0 bridgehead atoms. The van der Waals surface area contributed by atoms with Crippen molar-refractivity contribution >= 4 is 11.4 Å². The van der Waals surface area contributed by atoms with Crippen molar-refractivity contribution in [1.29, 1.82) is 0 Å². The molecule has 1 aliphatic heterocycles. The molecule has 2 heteroatoms. The molecule has 0 aromatic heterocycles. The number of piperidine rings is 1. The third-order valence-electron chi connectivity index (χ3n) is 3.90. The summed E-state index contributed by atoms with van der Waals surface area (Å²) in [6.45, 7) is 6.77. The lowest BCUT2D eigenvalue weighted by Crippen LogP contribution is -2.34. The first-order valence-corrected chi connectivity index (χ1v) is 6.82. The number of anilines is 2. The Hall–Kier alpha value is -1.18. The maximum absolute atomic E-state index is 6.10. The molecule has 1 aliphatic rings. The van der Waals surface area contributed by atoms with Crippen LogP contribution in [0.1, 0.15) is 38.2 Å². The second-order valence-corrected chi connectivity index (χ2v) is 5.23. The summed E-state index contributed by atoms with van der Waals surface area (Å²) < 4.78 is 0. The molecule has 1 saturated heterocycles. The summed E-state index contributed by atoms with van der Waals surface area (Å²) in [6.07, 6.45) is 5.34. The van der Waals surface area contributed by atoms with E-state index in [2.05, 4.69) is 24.8 Å². The molecule has 0 radical (unpaired) electrons. The molecule has 2 rings (SSSR count). The van der Waals surface area contributed by atoms with Crippen molar-refractivity contribution in [2.24, 2.45) is 5.92 Å². The summed E-state index contributed by atoms with van der Waals surface area (Å²) in [7, 11) is 0. The molecule has 17 heavy (non-hydrogen) atoms. The lowest BCUT2D eigenvalue weighted by atomic mass is 9.92. The van der Waals surface area contributed by atoms with E-state index in [9.17, 15) is 0 Å². The fourth-order valence-electron chi connectivity index (χ4n) is 2.97. The van der Waals surface area contributed by atoms with Crippen molar-refractivity contribution in [3.05, 3.63) is 23.8 Å². The van der Waals surface area contributed by atoms with E-state index in [1.807, 2.05) is 12.1 Å². The predicted molar refractivity (Wildman–Crippen MR) is 75.4 cm³/mol. The van der Waals surface area contributed by atoms with Crippen LogP contribution < -0.4 is 10.6 Å². The number of hydrogen-bond donors (Lipinski definition) is 1. The standard InChI is InChI=1S/C15H24N2/c1-3-5-13-8-10-17(11-9-13)15-12(2)6-4-7-14(15)16/h4,6-7,13H,3,5,8-11,16H2,1-2H3. The molecular weight excluding hydrogens is 208 g/mol. The Bertz CT molecular complexity index is 345. The Morgan fingerprint density at radius 3 is 2.59 bits per heavy atom. The van der Waals surface area contributed by atoms with Crippen molar-refractivity contribution in [1.82, 2.24) is 0 Å². The quantitative estimate of drug-likeness (QED) is 0.807. The molecule has 2 N–H and O–H groups in total. The van der Waals surface area contributed by atoms with Gasteiger partial charge in [0, 0.05) is 13.1 Å². The highest BCUT2D eigenvalue weighted by Gasteiger charge is 2.20. The first-order valence-electron chi connectivity index (χ1n) is 6.82. The van der Waals surface area contributed by atoms with E-state index in [1.54, 1.807) is 0 Å². The molecule has 0 saturated carbocycles. The molecule has 0 unspecified atom stereocenters. The second kappa shape index (κ2) is 5.44. The van der Waals surface area contributed by atoms with E-state index >= 15 is 0 Å². The molecule has 94 valence electrons. The van der Waals surface area contributed by atoms with Gasteiger partial charge in [0.05, 0.1) is 11.4 Å². The van der Waals surface area contributed by atoms with E-state index in [0.717, 1.165) is 11.6 Å². The van der Waals surface area contributed by atoms with Crippen molar-refractivity contribution in [3.63, 3.8) is 0 Å². The van der Waals surface area contributed by atoms with Crippen LogP contribution in [0.25, 0.3) is 0 Å². The van der Waals surface area contributed by atoms with Gasteiger partial charge in [-0.25, -0.2) is 0 Å². The number of nitrogen functional groups attached to an aromatic ring is 1. The van der Waals surface area contributed by atoms with Crippen LogP contribution in [0.3, 0.4) is 0 Å². The van der Waals surface area contributed by atoms with Gasteiger partial charge in [-0.2, -0.15) is 0 Å². The molecule has 1 aromatic carbocycles. The van der Waals surface area contributed by atoms with Crippen LogP contribution >= 0.6 is 0 Å². The fraction of sp³-hybridized carbons (Fsp3) is 0.600. The zero-order valence-electron chi connectivity index (χ0n) is 11.1. The van der Waals surface area contributed by atoms with Crippen molar-refractivity contribution in [2.45, 2.75) is 39.5 Å². The normalized spacial score (nSPS) is 17.4. The minimum Gasteiger partial charge on any atom is -0.397 e. The zero-order chi connectivity index (χ0) is 12.3. The van der Waals surface area contributed by atoms with Gasteiger partial charge in [0.15, 0.2) is 0 Å². The van der Waals surface area contributed by atoms with Gasteiger partial charge in [0.2, 0.25) is 0 Å². The number of benzene rings is 1. The maximum Gasteiger partial charge on any atom is 0.0629 e. The summed E-state index contributed by atoms with van der Waals surface area (Å²) in [5.74, 6) is 0.932. The van der Waals surface area contributed by atoms with Crippen LogP contribution in [0.15, 0.2) is 18.2 Å². The Labute approximate surface area is 105 Å². The molecule has 2 nitrogen and oxygen atoms in total. The average Bonchev–Trinajstić information content (AvgIpc) is 2.31. The lowest BCUT2D eigenvalue weighted by Gasteiger charge is -2.35. The molecule has 0 aliphatic carbocycles. The highest BCUT2D eigenvalue weighted by molar-refractivity contribution is 5.71. The van der Waals surface area contributed by atoms with Crippen LogP contribution in [0.5, 0.6) is 0 Å². The molecule has 1 fully saturated rings. The van der Waals surface area contributed by atoms with Gasteiger partial charge in [-0.1, -0.05) is 31.9 Å². The number of rotatable bonds is 3. The van der Waals surface area contributed by atoms with E-state index in [4.69, 9.17) is 5.73 Å². The van der Waals surface area contributed by atoms with E-state index in [1.165, 1.54) is 50.0 Å². The number of nitrogens with two attached hydrogens (primary N) is 1. The molecule has 1 aromatic rings. The van der Waals surface area contributed by atoms with Crippen LogP contribution in [0.4, 0.5) is 11.4 Å². The monoisotopic (exact) mass is 232 g/mol.